The summed E-state index contributed by atoms with van der Waals surface area (Å²) in [6, 6.07) is 2.10. The molecule has 1 rings (SSSR count). The van der Waals surface area contributed by atoms with Gasteiger partial charge >= 0.3 is 0 Å². The normalized spacial score (nSPS) is 13.5. The van der Waals surface area contributed by atoms with Gasteiger partial charge in [-0.1, -0.05) is 0 Å². The van der Waals surface area contributed by atoms with Crippen LogP contribution in [0.1, 0.15) is 13.8 Å². The van der Waals surface area contributed by atoms with Gasteiger partial charge in [-0.3, -0.25) is 0 Å². The minimum Gasteiger partial charge on any atom is -0.398 e. The van der Waals surface area contributed by atoms with Crippen molar-refractivity contribution in [1.82, 2.24) is 4.72 Å². The number of nitrogens with two attached hydrogens (primary N) is 1. The third kappa shape index (κ3) is 4.41. The molecule has 0 heterocycles. The fourth-order valence-corrected chi connectivity index (χ4v) is 2.92. The van der Waals surface area contributed by atoms with Gasteiger partial charge in [-0.2, -0.15) is 0 Å². The fourth-order valence-electron chi connectivity index (χ4n) is 1.40. The molecule has 3 N–H and O–H groups in total. The molecule has 1 aromatic carbocycles. The zero-order chi connectivity index (χ0) is 14.6. The van der Waals surface area contributed by atoms with Crippen LogP contribution in [-0.2, 0) is 14.8 Å². The Hall–Kier alpha value is -0.700. The minimum absolute atomic E-state index is 0.0611. The second-order valence-corrected chi connectivity index (χ2v) is 6.51. The number of sulfonamides is 1. The van der Waals surface area contributed by atoms with Crippen molar-refractivity contribution in [1.29, 1.82) is 0 Å². The first-order valence-corrected chi connectivity index (χ1v) is 7.91. The van der Waals surface area contributed by atoms with Crippen molar-refractivity contribution in [2.45, 2.75) is 24.8 Å². The lowest BCUT2D eigenvalue weighted by molar-refractivity contribution is 0.0799. The van der Waals surface area contributed by atoms with Crippen LogP contribution in [0.3, 0.4) is 0 Å². The maximum atomic E-state index is 13.7. The number of nitrogens with one attached hydrogen (secondary N) is 1. The Morgan fingerprint density at radius 2 is 2.16 bits per heavy atom. The second kappa shape index (κ2) is 6.65. The summed E-state index contributed by atoms with van der Waals surface area (Å²) in [5, 5.41) is 0. The smallest absolute Gasteiger partial charge is 0.243 e. The summed E-state index contributed by atoms with van der Waals surface area (Å²) in [6.45, 7) is 4.06. The van der Waals surface area contributed by atoms with Gasteiger partial charge in [0.15, 0.2) is 0 Å². The van der Waals surface area contributed by atoms with Gasteiger partial charge in [0.2, 0.25) is 10.0 Å². The second-order valence-electron chi connectivity index (χ2n) is 3.92. The summed E-state index contributed by atoms with van der Waals surface area (Å²) in [4.78, 5) is -0.475. The quantitative estimate of drug-likeness (QED) is 0.764. The van der Waals surface area contributed by atoms with Crippen LogP contribution in [-0.4, -0.2) is 27.7 Å². The molecule has 8 heteroatoms. The highest BCUT2D eigenvalue weighted by Crippen LogP contribution is 2.25. The van der Waals surface area contributed by atoms with Crippen LogP contribution < -0.4 is 10.5 Å². The lowest BCUT2D eigenvalue weighted by atomic mass is 10.3. The van der Waals surface area contributed by atoms with Gasteiger partial charge in [-0.05, 0) is 41.9 Å². The lowest BCUT2D eigenvalue weighted by Gasteiger charge is -2.13. The molecule has 0 amide bonds. The van der Waals surface area contributed by atoms with E-state index in [0.717, 1.165) is 12.1 Å². The average Bonchev–Trinajstić information content (AvgIpc) is 2.31. The zero-order valence-electron chi connectivity index (χ0n) is 10.6. The molecule has 1 atom stereocenters. The third-order valence-electron chi connectivity index (χ3n) is 2.35. The summed E-state index contributed by atoms with van der Waals surface area (Å²) >= 11 is 3.03. The summed E-state index contributed by atoms with van der Waals surface area (Å²) in [6.07, 6.45) is -0.296. The van der Waals surface area contributed by atoms with Crippen molar-refractivity contribution in [2.75, 3.05) is 18.9 Å². The van der Waals surface area contributed by atoms with Crippen molar-refractivity contribution in [3.8, 4) is 0 Å². The first-order valence-electron chi connectivity index (χ1n) is 5.63. The summed E-state index contributed by atoms with van der Waals surface area (Å²) < 4.78 is 45.3. The van der Waals surface area contributed by atoms with Crippen molar-refractivity contribution in [2.24, 2.45) is 0 Å². The van der Waals surface area contributed by atoms with E-state index in [1.165, 1.54) is 0 Å². The van der Waals surface area contributed by atoms with Crippen molar-refractivity contribution < 1.29 is 17.5 Å². The maximum Gasteiger partial charge on any atom is 0.243 e. The topological polar surface area (TPSA) is 81.4 Å². The summed E-state index contributed by atoms with van der Waals surface area (Å²) in [5.41, 5.74) is 5.71. The van der Waals surface area contributed by atoms with Gasteiger partial charge < -0.3 is 10.5 Å². The number of rotatable bonds is 6. The van der Waals surface area contributed by atoms with E-state index in [1.807, 2.05) is 0 Å². The molecule has 1 aromatic rings. The highest BCUT2D eigenvalue weighted by molar-refractivity contribution is 9.10. The molecule has 0 saturated heterocycles. The highest BCUT2D eigenvalue weighted by atomic mass is 79.9. The largest absolute Gasteiger partial charge is 0.398 e. The van der Waals surface area contributed by atoms with Crippen LogP contribution >= 0.6 is 15.9 Å². The molecule has 0 aliphatic heterocycles. The van der Waals surface area contributed by atoms with E-state index in [9.17, 15) is 12.8 Å². The van der Waals surface area contributed by atoms with E-state index in [4.69, 9.17) is 10.5 Å². The number of ether oxygens (including phenoxy) is 1. The number of benzene rings is 1. The highest BCUT2D eigenvalue weighted by Gasteiger charge is 2.21. The van der Waals surface area contributed by atoms with Gasteiger partial charge in [0, 0.05) is 23.3 Å². The molecule has 0 radical (unpaired) electrons. The number of nitrogen functional groups attached to an aromatic ring is 1. The van der Waals surface area contributed by atoms with Crippen LogP contribution in [0, 0.1) is 5.82 Å². The molecule has 0 saturated carbocycles. The average molecular weight is 355 g/mol. The Labute approximate surface area is 120 Å². The van der Waals surface area contributed by atoms with Gasteiger partial charge in [0.1, 0.15) is 10.7 Å². The van der Waals surface area contributed by atoms with Crippen LogP contribution in [0.2, 0.25) is 0 Å². The van der Waals surface area contributed by atoms with Crippen LogP contribution in [0.15, 0.2) is 21.5 Å². The van der Waals surface area contributed by atoms with Gasteiger partial charge in [-0.15, -0.1) is 0 Å². The Kier molecular flexibility index (Phi) is 5.72. The predicted molar refractivity (Wildman–Crippen MR) is 74.8 cm³/mol. The van der Waals surface area contributed by atoms with Crippen molar-refractivity contribution in [3.63, 3.8) is 0 Å². The third-order valence-corrected chi connectivity index (χ3v) is 4.48. The first kappa shape index (κ1) is 16.4. The number of hydrogen-bond donors (Lipinski definition) is 2. The molecule has 19 heavy (non-hydrogen) atoms. The first-order chi connectivity index (χ1) is 8.77. The molecule has 5 nitrogen and oxygen atoms in total. The Bertz CT molecular complexity index is 551. The number of anilines is 1. The van der Waals surface area contributed by atoms with Gasteiger partial charge in [0.05, 0.1) is 6.10 Å². The SMILES string of the molecule is CCOC(C)CNS(=O)(=O)c1cc(N)c(Br)cc1F. The molecule has 0 bridgehead atoms. The molecular weight excluding hydrogens is 339 g/mol. The molecule has 0 aromatic heterocycles. The molecule has 0 fully saturated rings. The fraction of sp³-hybridized carbons (Fsp3) is 0.455. The van der Waals surface area contributed by atoms with E-state index >= 15 is 0 Å². The van der Waals surface area contributed by atoms with E-state index in [2.05, 4.69) is 20.7 Å². The number of halogens is 2. The predicted octanol–water partition coefficient (Wildman–Crippen LogP) is 1.87. The molecule has 0 spiro atoms. The van der Waals surface area contributed by atoms with E-state index in [0.29, 0.717) is 11.1 Å². The molecule has 0 aliphatic rings. The summed E-state index contributed by atoms with van der Waals surface area (Å²) in [7, 11) is -3.95. The Balaban J connectivity index is 2.92. The molecule has 0 aliphatic carbocycles. The standard InChI is InChI=1S/C11H16BrFN2O3S/c1-3-18-7(2)6-15-19(16,17)11-5-10(14)8(12)4-9(11)13/h4-5,7,15H,3,6,14H2,1-2H3. The lowest BCUT2D eigenvalue weighted by Crippen LogP contribution is -2.32. The minimum atomic E-state index is -3.95. The monoisotopic (exact) mass is 354 g/mol. The summed E-state index contributed by atoms with van der Waals surface area (Å²) in [5.74, 6) is -0.863. The van der Waals surface area contributed by atoms with Crippen LogP contribution in [0.25, 0.3) is 0 Å². The number of hydrogen-bond acceptors (Lipinski definition) is 4. The molecular formula is C11H16BrFN2O3S. The van der Waals surface area contributed by atoms with Gasteiger partial charge in [0.25, 0.3) is 0 Å². The van der Waals surface area contributed by atoms with E-state index in [-0.39, 0.29) is 18.3 Å². The zero-order valence-corrected chi connectivity index (χ0v) is 13.0. The molecule has 1 unspecified atom stereocenters. The Morgan fingerprint density at radius 3 is 2.74 bits per heavy atom. The van der Waals surface area contributed by atoms with Crippen LogP contribution in [0.5, 0.6) is 0 Å². The Morgan fingerprint density at radius 1 is 1.53 bits per heavy atom. The van der Waals surface area contributed by atoms with Gasteiger partial charge in [-0.25, -0.2) is 17.5 Å². The van der Waals surface area contributed by atoms with E-state index in [1.54, 1.807) is 13.8 Å². The van der Waals surface area contributed by atoms with E-state index < -0.39 is 20.7 Å². The van der Waals surface area contributed by atoms with Crippen LogP contribution in [0.4, 0.5) is 10.1 Å². The maximum absolute atomic E-state index is 13.7. The van der Waals surface area contributed by atoms with Crippen molar-refractivity contribution >= 4 is 31.6 Å². The molecule has 108 valence electrons. The van der Waals surface area contributed by atoms with Crippen molar-refractivity contribution in [3.05, 3.63) is 22.4 Å².